The lowest BCUT2D eigenvalue weighted by atomic mass is 9.99. The first kappa shape index (κ1) is 15.9. The van der Waals surface area contributed by atoms with E-state index in [4.69, 9.17) is 4.74 Å². The molecule has 0 aliphatic heterocycles. The number of hydrogen-bond acceptors (Lipinski definition) is 4. The Morgan fingerprint density at radius 1 is 1.32 bits per heavy atom. The highest BCUT2D eigenvalue weighted by Crippen LogP contribution is 2.14. The minimum atomic E-state index is -0.658. The Morgan fingerprint density at radius 2 is 2.05 bits per heavy atom. The predicted octanol–water partition coefficient (Wildman–Crippen LogP) is 2.55. The van der Waals surface area contributed by atoms with E-state index in [0.717, 1.165) is 17.3 Å². The van der Waals surface area contributed by atoms with Crippen LogP contribution in [0, 0.1) is 5.92 Å². The molecule has 0 bridgehead atoms. The van der Waals surface area contributed by atoms with Crippen LogP contribution in [0.2, 0.25) is 0 Å². The zero-order valence-corrected chi connectivity index (χ0v) is 13.0. The lowest BCUT2D eigenvalue weighted by Gasteiger charge is -2.21. The average Bonchev–Trinajstić information content (AvgIpc) is 2.57. The maximum atomic E-state index is 12.4. The first-order valence-corrected chi connectivity index (χ1v) is 7.30. The minimum Gasteiger partial charge on any atom is -0.467 e. The Hall–Kier alpha value is -2.43. The Bertz CT molecular complexity index is 684. The van der Waals surface area contributed by atoms with Crippen LogP contribution in [0.4, 0.5) is 0 Å². The number of methoxy groups -OCH3 is 1. The van der Waals surface area contributed by atoms with Gasteiger partial charge in [-0.15, -0.1) is 0 Å². The van der Waals surface area contributed by atoms with Gasteiger partial charge in [0.15, 0.2) is 0 Å². The molecule has 1 amide bonds. The first-order valence-electron chi connectivity index (χ1n) is 7.30. The molecule has 116 valence electrons. The van der Waals surface area contributed by atoms with E-state index in [1.54, 1.807) is 6.07 Å². The zero-order chi connectivity index (χ0) is 16.1. The van der Waals surface area contributed by atoms with Crippen LogP contribution < -0.4 is 5.32 Å². The summed E-state index contributed by atoms with van der Waals surface area (Å²) in [6, 6.07) is 8.67. The lowest BCUT2D eigenvalue weighted by molar-refractivity contribution is -0.144. The van der Waals surface area contributed by atoms with E-state index in [-0.39, 0.29) is 11.8 Å². The van der Waals surface area contributed by atoms with Crippen LogP contribution in [0.15, 0.2) is 36.5 Å². The van der Waals surface area contributed by atoms with Crippen molar-refractivity contribution in [2.45, 2.75) is 26.3 Å². The molecule has 0 radical (unpaired) electrons. The molecule has 1 N–H and O–H groups in total. The minimum absolute atomic E-state index is 0.00943. The van der Waals surface area contributed by atoms with Crippen molar-refractivity contribution >= 4 is 22.8 Å². The van der Waals surface area contributed by atoms with E-state index < -0.39 is 12.0 Å². The number of para-hydroxylation sites is 1. The maximum absolute atomic E-state index is 12.4. The third-order valence-corrected chi connectivity index (χ3v) is 3.81. The molecule has 0 fully saturated rings. The molecule has 1 heterocycles. The summed E-state index contributed by atoms with van der Waals surface area (Å²) in [4.78, 5) is 28.5. The number of rotatable bonds is 5. The lowest BCUT2D eigenvalue weighted by Crippen LogP contribution is -2.45. The Kier molecular flexibility index (Phi) is 5.09. The van der Waals surface area contributed by atoms with Crippen LogP contribution >= 0.6 is 0 Å². The number of carbonyl (C=O) groups excluding carboxylic acids is 2. The second-order valence-electron chi connectivity index (χ2n) is 5.28. The molecule has 0 aliphatic rings. The van der Waals surface area contributed by atoms with Crippen LogP contribution in [0.1, 0.15) is 30.6 Å². The van der Waals surface area contributed by atoms with Gasteiger partial charge < -0.3 is 10.1 Å². The summed E-state index contributed by atoms with van der Waals surface area (Å²) in [6.07, 6.45) is 2.28. The second kappa shape index (κ2) is 7.02. The van der Waals surface area contributed by atoms with Gasteiger partial charge in [-0.05, 0) is 18.1 Å². The largest absolute Gasteiger partial charge is 0.467 e. The monoisotopic (exact) mass is 300 g/mol. The molecule has 0 spiro atoms. The van der Waals surface area contributed by atoms with E-state index in [9.17, 15) is 9.59 Å². The number of hydrogen-bond donors (Lipinski definition) is 1. The first-order chi connectivity index (χ1) is 10.6. The van der Waals surface area contributed by atoms with Crippen molar-refractivity contribution in [1.82, 2.24) is 10.3 Å². The number of nitrogens with zero attached hydrogens (tertiary/aromatic N) is 1. The Morgan fingerprint density at radius 3 is 2.73 bits per heavy atom. The maximum Gasteiger partial charge on any atom is 0.328 e. The zero-order valence-electron chi connectivity index (χ0n) is 13.0. The van der Waals surface area contributed by atoms with Crippen LogP contribution in [0.3, 0.4) is 0 Å². The third kappa shape index (κ3) is 3.42. The summed E-state index contributed by atoms with van der Waals surface area (Å²) in [7, 11) is 1.32. The van der Waals surface area contributed by atoms with Crippen molar-refractivity contribution in [3.8, 4) is 0 Å². The third-order valence-electron chi connectivity index (χ3n) is 3.81. The summed E-state index contributed by atoms with van der Waals surface area (Å²) in [5.74, 6) is -0.768. The topological polar surface area (TPSA) is 68.3 Å². The van der Waals surface area contributed by atoms with Crippen molar-refractivity contribution < 1.29 is 14.3 Å². The molecule has 2 aromatic rings. The van der Waals surface area contributed by atoms with Gasteiger partial charge in [0.05, 0.1) is 18.2 Å². The smallest absolute Gasteiger partial charge is 0.328 e. The van der Waals surface area contributed by atoms with Gasteiger partial charge in [0, 0.05) is 11.6 Å². The summed E-state index contributed by atoms with van der Waals surface area (Å²) < 4.78 is 4.77. The van der Waals surface area contributed by atoms with Gasteiger partial charge in [0.25, 0.3) is 5.91 Å². The van der Waals surface area contributed by atoms with Crippen molar-refractivity contribution in [3.63, 3.8) is 0 Å². The number of esters is 1. The molecule has 22 heavy (non-hydrogen) atoms. The molecule has 5 heteroatoms. The highest BCUT2D eigenvalue weighted by Gasteiger charge is 2.27. The van der Waals surface area contributed by atoms with Gasteiger partial charge in [-0.25, -0.2) is 4.79 Å². The van der Waals surface area contributed by atoms with E-state index >= 15 is 0 Å². The van der Waals surface area contributed by atoms with E-state index in [0.29, 0.717) is 5.56 Å². The molecular formula is C17H20N2O3. The predicted molar refractivity (Wildman–Crippen MR) is 84.5 cm³/mol. The van der Waals surface area contributed by atoms with Gasteiger partial charge >= 0.3 is 5.97 Å². The van der Waals surface area contributed by atoms with E-state index in [2.05, 4.69) is 10.3 Å². The van der Waals surface area contributed by atoms with E-state index in [1.165, 1.54) is 13.3 Å². The molecule has 0 saturated heterocycles. The van der Waals surface area contributed by atoms with Crippen molar-refractivity contribution in [1.29, 1.82) is 0 Å². The number of fused-ring (bicyclic) bond motifs is 1. The standard InChI is InChI=1S/C17H20N2O3/c1-4-11(2)15(17(21)22-3)19-16(20)13-9-12-7-5-6-8-14(12)18-10-13/h5-11,15H,4H2,1-3H3,(H,19,20)/t11-,15+/m0/s1. The normalized spacial score (nSPS) is 13.4. The number of carbonyl (C=O) groups is 2. The molecule has 5 nitrogen and oxygen atoms in total. The number of aromatic nitrogens is 1. The Balaban J connectivity index is 2.22. The van der Waals surface area contributed by atoms with Crippen LogP contribution in [-0.2, 0) is 9.53 Å². The molecule has 1 aromatic carbocycles. The van der Waals surface area contributed by atoms with Gasteiger partial charge in [-0.2, -0.15) is 0 Å². The second-order valence-corrected chi connectivity index (χ2v) is 5.28. The van der Waals surface area contributed by atoms with Crippen molar-refractivity contribution in [3.05, 3.63) is 42.1 Å². The van der Waals surface area contributed by atoms with Gasteiger partial charge in [0.1, 0.15) is 6.04 Å². The molecule has 2 atom stereocenters. The van der Waals surface area contributed by atoms with Crippen LogP contribution in [-0.4, -0.2) is 30.0 Å². The molecule has 0 aliphatic carbocycles. The fraction of sp³-hybridized carbons (Fsp3) is 0.353. The van der Waals surface area contributed by atoms with Crippen LogP contribution in [0.25, 0.3) is 10.9 Å². The summed E-state index contributed by atoms with van der Waals surface area (Å²) in [5, 5.41) is 3.63. The molecule has 1 aromatic heterocycles. The number of amides is 1. The highest BCUT2D eigenvalue weighted by molar-refractivity contribution is 5.99. The highest BCUT2D eigenvalue weighted by atomic mass is 16.5. The van der Waals surface area contributed by atoms with Gasteiger partial charge in [0.2, 0.25) is 0 Å². The summed E-state index contributed by atoms with van der Waals surface area (Å²) in [5.41, 5.74) is 1.25. The summed E-state index contributed by atoms with van der Waals surface area (Å²) in [6.45, 7) is 3.87. The van der Waals surface area contributed by atoms with Gasteiger partial charge in [-0.1, -0.05) is 38.5 Å². The number of pyridine rings is 1. The molecule has 0 unspecified atom stereocenters. The average molecular weight is 300 g/mol. The number of nitrogens with one attached hydrogen (secondary N) is 1. The Labute approximate surface area is 129 Å². The molecule has 2 rings (SSSR count). The fourth-order valence-corrected chi connectivity index (χ4v) is 2.22. The van der Waals surface area contributed by atoms with E-state index in [1.807, 2.05) is 38.1 Å². The fourth-order valence-electron chi connectivity index (χ4n) is 2.22. The molecule has 0 saturated carbocycles. The number of benzene rings is 1. The quantitative estimate of drug-likeness (QED) is 0.862. The van der Waals surface area contributed by atoms with Crippen molar-refractivity contribution in [2.24, 2.45) is 5.92 Å². The van der Waals surface area contributed by atoms with Crippen molar-refractivity contribution in [2.75, 3.05) is 7.11 Å². The SMILES string of the molecule is CC[C@H](C)[C@@H](NC(=O)c1cnc2ccccc2c1)C(=O)OC. The van der Waals surface area contributed by atoms with Crippen LogP contribution in [0.5, 0.6) is 0 Å². The molecular weight excluding hydrogens is 280 g/mol. The summed E-state index contributed by atoms with van der Waals surface area (Å²) >= 11 is 0. The van der Waals surface area contributed by atoms with Gasteiger partial charge in [-0.3, -0.25) is 9.78 Å². The number of ether oxygens (including phenoxy) is 1.